The number of hydrogen-bond donors (Lipinski definition) is 3. The number of carboxylic acids is 1. The van der Waals surface area contributed by atoms with Crippen LogP contribution in [-0.2, 0) is 19.1 Å². The number of alkyl carbamates (subject to hydrolysis) is 1. The molecule has 8 nitrogen and oxygen atoms in total. The van der Waals surface area contributed by atoms with Crippen LogP contribution >= 0.6 is 0 Å². The molecule has 0 radical (unpaired) electrons. The average Bonchev–Trinajstić information content (AvgIpc) is 3.43. The molecule has 8 heteroatoms. The SMILES string of the molecule is CC(C)(CNC(=O)OCC1c2ccccc2-c2ccccc21)C(=O)NCC1CC(C(=O)O)CO1. The van der Waals surface area contributed by atoms with Crippen LogP contribution in [0, 0.1) is 11.3 Å². The second-order valence-corrected chi connectivity index (χ2v) is 9.50. The van der Waals surface area contributed by atoms with E-state index < -0.39 is 23.4 Å². The Morgan fingerprint density at radius 3 is 2.24 bits per heavy atom. The highest BCUT2D eigenvalue weighted by Gasteiger charge is 2.34. The summed E-state index contributed by atoms with van der Waals surface area (Å²) in [4.78, 5) is 36.1. The number of hydrogen-bond acceptors (Lipinski definition) is 5. The van der Waals surface area contributed by atoms with Gasteiger partial charge in [0.1, 0.15) is 6.61 Å². The van der Waals surface area contributed by atoms with Gasteiger partial charge >= 0.3 is 12.1 Å². The molecule has 2 unspecified atom stereocenters. The summed E-state index contributed by atoms with van der Waals surface area (Å²) in [5.41, 5.74) is 3.71. The van der Waals surface area contributed by atoms with Crippen molar-refractivity contribution in [2.75, 3.05) is 26.3 Å². The Bertz CT molecular complexity index is 1040. The standard InChI is InChI=1S/C26H30N2O6/c1-26(2,24(31)27-12-17-11-16(13-33-17)23(29)30)15-28-25(32)34-14-22-20-9-5-3-7-18(20)19-8-4-6-10-21(19)22/h3-10,16-17,22H,11-15H2,1-2H3,(H,27,31)(H,28,32)(H,29,30). The van der Waals surface area contributed by atoms with E-state index in [0.717, 1.165) is 22.3 Å². The van der Waals surface area contributed by atoms with Crippen molar-refractivity contribution in [2.45, 2.75) is 32.3 Å². The number of fused-ring (bicyclic) bond motifs is 3. The molecule has 2 aromatic rings. The smallest absolute Gasteiger partial charge is 0.407 e. The van der Waals surface area contributed by atoms with Gasteiger partial charge in [-0.1, -0.05) is 48.5 Å². The van der Waals surface area contributed by atoms with Gasteiger partial charge in [0.15, 0.2) is 0 Å². The van der Waals surface area contributed by atoms with E-state index in [9.17, 15) is 14.4 Å². The van der Waals surface area contributed by atoms with Crippen molar-refractivity contribution in [3.63, 3.8) is 0 Å². The van der Waals surface area contributed by atoms with Crippen LogP contribution in [0.3, 0.4) is 0 Å². The lowest BCUT2D eigenvalue weighted by Gasteiger charge is -2.25. The number of aliphatic carboxylic acids is 1. The molecule has 1 heterocycles. The van der Waals surface area contributed by atoms with E-state index in [1.54, 1.807) is 13.8 Å². The minimum atomic E-state index is -0.888. The molecule has 2 aromatic carbocycles. The second kappa shape index (κ2) is 9.85. The molecule has 2 aliphatic rings. The highest BCUT2D eigenvalue weighted by atomic mass is 16.5. The van der Waals surface area contributed by atoms with E-state index in [-0.39, 0.29) is 44.2 Å². The number of carbonyl (C=O) groups is 3. The van der Waals surface area contributed by atoms with Gasteiger partial charge in [0.25, 0.3) is 0 Å². The summed E-state index contributed by atoms with van der Waals surface area (Å²) in [6, 6.07) is 16.2. The van der Waals surface area contributed by atoms with Crippen LogP contribution in [-0.4, -0.2) is 55.5 Å². The summed E-state index contributed by atoms with van der Waals surface area (Å²) < 4.78 is 11.0. The minimum Gasteiger partial charge on any atom is -0.481 e. The quantitative estimate of drug-likeness (QED) is 0.551. The summed E-state index contributed by atoms with van der Waals surface area (Å²) >= 11 is 0. The van der Waals surface area contributed by atoms with E-state index in [1.807, 2.05) is 24.3 Å². The molecule has 180 valence electrons. The lowest BCUT2D eigenvalue weighted by molar-refractivity contribution is -0.141. The van der Waals surface area contributed by atoms with Crippen LogP contribution in [0.4, 0.5) is 4.79 Å². The van der Waals surface area contributed by atoms with Gasteiger partial charge in [0.2, 0.25) is 5.91 Å². The molecular formula is C26H30N2O6. The summed E-state index contributed by atoms with van der Waals surface area (Å²) in [6.45, 7) is 4.14. The lowest BCUT2D eigenvalue weighted by atomic mass is 9.92. The molecule has 1 fully saturated rings. The lowest BCUT2D eigenvalue weighted by Crippen LogP contribution is -2.46. The molecule has 34 heavy (non-hydrogen) atoms. The Kier molecular flexibility index (Phi) is 6.88. The minimum absolute atomic E-state index is 0.0319. The topological polar surface area (TPSA) is 114 Å². The van der Waals surface area contributed by atoms with Crippen LogP contribution in [0.1, 0.15) is 37.3 Å². The fourth-order valence-electron chi connectivity index (χ4n) is 4.49. The molecular weight excluding hydrogens is 436 g/mol. The van der Waals surface area contributed by atoms with Gasteiger partial charge in [0.05, 0.1) is 24.0 Å². The molecule has 2 amide bonds. The van der Waals surface area contributed by atoms with Crippen LogP contribution in [0.25, 0.3) is 11.1 Å². The number of benzene rings is 2. The Morgan fingerprint density at radius 1 is 1.03 bits per heavy atom. The third-order valence-electron chi connectivity index (χ3n) is 6.55. The Morgan fingerprint density at radius 2 is 1.65 bits per heavy atom. The molecule has 0 aromatic heterocycles. The first kappa shape index (κ1) is 23.8. The first-order chi connectivity index (χ1) is 16.3. The molecule has 1 aliphatic carbocycles. The maximum Gasteiger partial charge on any atom is 0.407 e. The van der Waals surface area contributed by atoms with Gasteiger partial charge < -0.3 is 25.2 Å². The van der Waals surface area contributed by atoms with Crippen molar-refractivity contribution in [1.82, 2.24) is 10.6 Å². The number of ether oxygens (including phenoxy) is 2. The normalized spacial score (nSPS) is 19.2. The zero-order valence-corrected chi connectivity index (χ0v) is 19.4. The van der Waals surface area contributed by atoms with Crippen LogP contribution in [0.5, 0.6) is 0 Å². The molecule has 0 spiro atoms. The summed E-state index contributed by atoms with van der Waals surface area (Å²) in [5.74, 6) is -1.71. The highest BCUT2D eigenvalue weighted by molar-refractivity contribution is 5.83. The van der Waals surface area contributed by atoms with Crippen LogP contribution < -0.4 is 10.6 Å². The fourth-order valence-corrected chi connectivity index (χ4v) is 4.49. The van der Waals surface area contributed by atoms with Gasteiger partial charge in [-0.3, -0.25) is 9.59 Å². The van der Waals surface area contributed by atoms with Crippen LogP contribution in [0.2, 0.25) is 0 Å². The number of nitrogens with one attached hydrogen (secondary N) is 2. The van der Waals surface area contributed by atoms with Gasteiger partial charge in [-0.25, -0.2) is 4.79 Å². The van der Waals surface area contributed by atoms with E-state index >= 15 is 0 Å². The summed E-state index contributed by atoms with van der Waals surface area (Å²) in [5, 5.41) is 14.5. The highest BCUT2D eigenvalue weighted by Crippen LogP contribution is 2.44. The molecule has 3 N–H and O–H groups in total. The van der Waals surface area contributed by atoms with Crippen LogP contribution in [0.15, 0.2) is 48.5 Å². The number of amides is 2. The summed E-state index contributed by atoms with van der Waals surface area (Å²) in [7, 11) is 0. The van der Waals surface area contributed by atoms with Gasteiger partial charge in [-0.2, -0.15) is 0 Å². The predicted molar refractivity (Wildman–Crippen MR) is 125 cm³/mol. The average molecular weight is 467 g/mol. The maximum atomic E-state index is 12.6. The largest absolute Gasteiger partial charge is 0.481 e. The fraction of sp³-hybridized carbons (Fsp3) is 0.423. The van der Waals surface area contributed by atoms with Crippen molar-refractivity contribution in [3.05, 3.63) is 59.7 Å². The Balaban J connectivity index is 1.25. The monoisotopic (exact) mass is 466 g/mol. The molecule has 0 saturated carbocycles. The van der Waals surface area contributed by atoms with E-state index in [1.165, 1.54) is 0 Å². The van der Waals surface area contributed by atoms with Crippen molar-refractivity contribution >= 4 is 18.0 Å². The third-order valence-corrected chi connectivity index (χ3v) is 6.55. The van der Waals surface area contributed by atoms with Gasteiger partial charge in [-0.15, -0.1) is 0 Å². The predicted octanol–water partition coefficient (Wildman–Crippen LogP) is 3.16. The van der Waals surface area contributed by atoms with Gasteiger partial charge in [-0.05, 0) is 42.5 Å². The van der Waals surface area contributed by atoms with Crippen molar-refractivity contribution in [1.29, 1.82) is 0 Å². The first-order valence-electron chi connectivity index (χ1n) is 11.5. The molecule has 2 atom stereocenters. The van der Waals surface area contributed by atoms with E-state index in [4.69, 9.17) is 14.6 Å². The maximum absolute atomic E-state index is 12.6. The molecule has 0 bridgehead atoms. The summed E-state index contributed by atoms with van der Waals surface area (Å²) in [6.07, 6.45) is -0.532. The van der Waals surface area contributed by atoms with Crippen molar-refractivity contribution in [2.24, 2.45) is 11.3 Å². The van der Waals surface area contributed by atoms with Crippen molar-refractivity contribution in [3.8, 4) is 11.1 Å². The number of carboxylic acid groups (broad SMARTS) is 1. The van der Waals surface area contributed by atoms with Crippen molar-refractivity contribution < 1.29 is 29.0 Å². The van der Waals surface area contributed by atoms with E-state index in [0.29, 0.717) is 6.42 Å². The molecule has 4 rings (SSSR count). The first-order valence-corrected chi connectivity index (χ1v) is 11.5. The molecule has 1 saturated heterocycles. The second-order valence-electron chi connectivity index (χ2n) is 9.50. The third kappa shape index (κ3) is 5.07. The Hall–Kier alpha value is -3.39. The zero-order valence-electron chi connectivity index (χ0n) is 19.4. The zero-order chi connectivity index (χ0) is 24.3. The van der Waals surface area contributed by atoms with E-state index in [2.05, 4.69) is 34.9 Å². The van der Waals surface area contributed by atoms with Gasteiger partial charge in [0, 0.05) is 19.0 Å². The number of rotatable bonds is 8. The Labute approximate surface area is 198 Å². The number of carbonyl (C=O) groups excluding carboxylic acids is 2. The molecule has 1 aliphatic heterocycles.